The predicted molar refractivity (Wildman–Crippen MR) is 61.0 cm³/mol. The van der Waals surface area contributed by atoms with E-state index >= 15 is 0 Å². The molecule has 1 aliphatic rings. The Kier molecular flexibility index (Phi) is 3.52. The van der Waals surface area contributed by atoms with Gasteiger partial charge in [-0.15, -0.1) is 0 Å². The van der Waals surface area contributed by atoms with Crippen LogP contribution in [0.25, 0.3) is 0 Å². The molecule has 1 fully saturated rings. The summed E-state index contributed by atoms with van der Waals surface area (Å²) in [5, 5.41) is 0. The molecule has 0 unspecified atom stereocenters. The molecule has 0 aliphatic carbocycles. The Morgan fingerprint density at radius 3 is 2.80 bits per heavy atom. The third-order valence-corrected chi connectivity index (χ3v) is 5.74. The maximum atomic E-state index is 12.1. The van der Waals surface area contributed by atoms with Crippen molar-refractivity contribution in [3.63, 3.8) is 0 Å². The zero-order valence-electron chi connectivity index (χ0n) is 8.46. The molecule has 0 bridgehead atoms. The van der Waals surface area contributed by atoms with Gasteiger partial charge in [0, 0.05) is 4.90 Å². The Hall–Kier alpha value is -0.280. The molecular formula is C10H13O3PS. The Labute approximate surface area is 93.4 Å². The molecule has 0 amide bonds. The summed E-state index contributed by atoms with van der Waals surface area (Å²) in [5.74, 6) is 0. The summed E-state index contributed by atoms with van der Waals surface area (Å²) in [6.45, 7) is -0.545. The monoisotopic (exact) mass is 244 g/mol. The molecule has 1 heterocycles. The molecule has 0 N–H and O–H groups in total. The van der Waals surface area contributed by atoms with Gasteiger partial charge in [0.05, 0.1) is 12.7 Å². The Morgan fingerprint density at radius 2 is 2.13 bits per heavy atom. The van der Waals surface area contributed by atoms with E-state index in [9.17, 15) is 4.57 Å². The SMILES string of the molecule is C[C@H]1CCO[P@@](=O)(Sc2ccccc2)O1. The van der Waals surface area contributed by atoms with Crippen LogP contribution in [-0.2, 0) is 13.6 Å². The first-order valence-corrected chi connectivity index (χ1v) is 7.82. The molecule has 1 aliphatic heterocycles. The zero-order chi connectivity index (χ0) is 10.7. The van der Waals surface area contributed by atoms with Gasteiger partial charge in [0.2, 0.25) is 0 Å². The van der Waals surface area contributed by atoms with Gasteiger partial charge in [0.15, 0.2) is 0 Å². The van der Waals surface area contributed by atoms with Gasteiger partial charge in [-0.3, -0.25) is 4.52 Å². The lowest BCUT2D eigenvalue weighted by molar-refractivity contribution is 0.104. The maximum Gasteiger partial charge on any atom is 0.394 e. The second-order valence-electron chi connectivity index (χ2n) is 3.39. The van der Waals surface area contributed by atoms with Crippen LogP contribution in [0.1, 0.15) is 13.3 Å². The third kappa shape index (κ3) is 3.08. The molecule has 2 rings (SSSR count). The molecule has 1 aromatic carbocycles. The number of hydrogen-bond donors (Lipinski definition) is 0. The standard InChI is InChI=1S/C10H13O3PS/c1-9-7-8-12-14(11,13-9)15-10-5-3-2-4-6-10/h2-6,9H,7-8H2,1H3/t9-,14+/m0/s1. The van der Waals surface area contributed by atoms with Crippen molar-refractivity contribution in [1.82, 2.24) is 0 Å². The lowest BCUT2D eigenvalue weighted by Crippen LogP contribution is -2.15. The van der Waals surface area contributed by atoms with Crippen LogP contribution in [0.3, 0.4) is 0 Å². The van der Waals surface area contributed by atoms with Crippen LogP contribution in [0.4, 0.5) is 0 Å². The van der Waals surface area contributed by atoms with E-state index in [1.807, 2.05) is 37.3 Å². The molecular weight excluding hydrogens is 231 g/mol. The summed E-state index contributed by atoms with van der Waals surface area (Å²) in [7, 11) is 0. The molecule has 82 valence electrons. The summed E-state index contributed by atoms with van der Waals surface area (Å²) in [5.41, 5.74) is 0. The first kappa shape index (κ1) is 11.2. The Morgan fingerprint density at radius 1 is 1.40 bits per heavy atom. The van der Waals surface area contributed by atoms with Crippen molar-refractivity contribution in [2.45, 2.75) is 24.3 Å². The van der Waals surface area contributed by atoms with Crippen LogP contribution < -0.4 is 0 Å². The smallest absolute Gasteiger partial charge is 0.300 e. The highest BCUT2D eigenvalue weighted by Gasteiger charge is 2.32. The van der Waals surface area contributed by atoms with E-state index in [0.29, 0.717) is 6.61 Å². The van der Waals surface area contributed by atoms with Gasteiger partial charge < -0.3 is 4.52 Å². The minimum atomic E-state index is -2.97. The van der Waals surface area contributed by atoms with Crippen LogP contribution in [0, 0.1) is 0 Å². The Bertz CT molecular complexity index is 368. The van der Waals surface area contributed by atoms with Crippen LogP contribution in [0.15, 0.2) is 35.2 Å². The maximum absolute atomic E-state index is 12.1. The molecule has 1 saturated heterocycles. The molecule has 1 aromatic rings. The fourth-order valence-electron chi connectivity index (χ4n) is 1.29. The van der Waals surface area contributed by atoms with Crippen LogP contribution in [-0.4, -0.2) is 12.7 Å². The van der Waals surface area contributed by atoms with Gasteiger partial charge in [-0.2, -0.15) is 0 Å². The molecule has 15 heavy (non-hydrogen) atoms. The molecule has 3 nitrogen and oxygen atoms in total. The summed E-state index contributed by atoms with van der Waals surface area (Å²) in [6, 6.07) is 9.53. The molecule has 0 saturated carbocycles. The molecule has 5 heteroatoms. The zero-order valence-corrected chi connectivity index (χ0v) is 10.2. The first-order chi connectivity index (χ1) is 7.18. The van der Waals surface area contributed by atoms with Gasteiger partial charge in [-0.05, 0) is 36.9 Å². The predicted octanol–water partition coefficient (Wildman–Crippen LogP) is 3.71. The van der Waals surface area contributed by atoms with E-state index in [1.54, 1.807) is 0 Å². The number of hydrogen-bond acceptors (Lipinski definition) is 4. The van der Waals surface area contributed by atoms with Crippen molar-refractivity contribution in [2.24, 2.45) is 0 Å². The summed E-state index contributed by atoms with van der Waals surface area (Å²) < 4.78 is 22.7. The lowest BCUT2D eigenvalue weighted by Gasteiger charge is -2.26. The minimum absolute atomic E-state index is 0.0146. The number of rotatable bonds is 2. The van der Waals surface area contributed by atoms with Crippen molar-refractivity contribution in [3.05, 3.63) is 30.3 Å². The van der Waals surface area contributed by atoms with Crippen molar-refractivity contribution in [1.29, 1.82) is 0 Å². The highest BCUT2D eigenvalue weighted by molar-refractivity contribution is 8.55. The normalized spacial score (nSPS) is 31.4. The van der Waals surface area contributed by atoms with Gasteiger partial charge >= 0.3 is 6.80 Å². The highest BCUT2D eigenvalue weighted by atomic mass is 32.7. The Balaban J connectivity index is 2.07. The van der Waals surface area contributed by atoms with Crippen LogP contribution in [0.5, 0.6) is 0 Å². The van der Waals surface area contributed by atoms with Gasteiger partial charge in [0.1, 0.15) is 0 Å². The van der Waals surface area contributed by atoms with Gasteiger partial charge in [0.25, 0.3) is 0 Å². The van der Waals surface area contributed by atoms with E-state index in [2.05, 4.69) is 0 Å². The lowest BCUT2D eigenvalue weighted by atomic mass is 10.3. The van der Waals surface area contributed by atoms with Gasteiger partial charge in [-0.1, -0.05) is 18.2 Å². The average molecular weight is 244 g/mol. The second kappa shape index (κ2) is 4.71. The summed E-state index contributed by atoms with van der Waals surface area (Å²) in [6.07, 6.45) is 0.820. The van der Waals surface area contributed by atoms with E-state index in [4.69, 9.17) is 9.05 Å². The topological polar surface area (TPSA) is 35.5 Å². The van der Waals surface area contributed by atoms with E-state index in [1.165, 1.54) is 11.4 Å². The van der Waals surface area contributed by atoms with E-state index < -0.39 is 6.80 Å². The largest absolute Gasteiger partial charge is 0.394 e. The molecule has 0 aromatic heterocycles. The minimum Gasteiger partial charge on any atom is -0.300 e. The van der Waals surface area contributed by atoms with E-state index in [0.717, 1.165) is 11.3 Å². The summed E-state index contributed by atoms with van der Waals surface area (Å²) in [4.78, 5) is 0.912. The fourth-order valence-corrected chi connectivity index (χ4v) is 4.95. The summed E-state index contributed by atoms with van der Waals surface area (Å²) >= 11 is 1.18. The molecule has 0 radical (unpaired) electrons. The first-order valence-electron chi connectivity index (χ1n) is 4.86. The number of benzene rings is 1. The van der Waals surface area contributed by atoms with Crippen molar-refractivity contribution in [2.75, 3.05) is 6.61 Å². The molecule has 0 spiro atoms. The average Bonchev–Trinajstić information content (AvgIpc) is 2.18. The van der Waals surface area contributed by atoms with Crippen molar-refractivity contribution >= 4 is 18.2 Å². The second-order valence-corrected chi connectivity index (χ2v) is 7.30. The van der Waals surface area contributed by atoms with Crippen molar-refractivity contribution in [3.8, 4) is 0 Å². The van der Waals surface area contributed by atoms with Crippen LogP contribution in [0.2, 0.25) is 0 Å². The quantitative estimate of drug-likeness (QED) is 0.743. The van der Waals surface area contributed by atoms with Gasteiger partial charge in [-0.25, -0.2) is 4.57 Å². The third-order valence-electron chi connectivity index (χ3n) is 2.04. The highest BCUT2D eigenvalue weighted by Crippen LogP contribution is 2.65. The fraction of sp³-hybridized carbons (Fsp3) is 0.400. The van der Waals surface area contributed by atoms with Crippen LogP contribution >= 0.6 is 18.2 Å². The van der Waals surface area contributed by atoms with Crippen molar-refractivity contribution < 1.29 is 13.6 Å². The molecule has 2 atom stereocenters. The van der Waals surface area contributed by atoms with E-state index in [-0.39, 0.29) is 6.10 Å².